The van der Waals surface area contributed by atoms with Crippen LogP contribution < -0.4 is 10.1 Å². The highest BCUT2D eigenvalue weighted by Crippen LogP contribution is 2.24. The predicted octanol–water partition coefficient (Wildman–Crippen LogP) is 4.29. The van der Waals surface area contributed by atoms with Crippen LogP contribution in [0.5, 0.6) is 5.75 Å². The maximum atomic E-state index is 5.36. The number of hydrogen-bond donors (Lipinski definition) is 1. The SMILES string of the molecule is CCCNC(Cc1ccccc1)c1ccc(OC)c(C)c1. The van der Waals surface area contributed by atoms with Crippen LogP contribution in [0.15, 0.2) is 48.5 Å². The van der Waals surface area contributed by atoms with Gasteiger partial charge in [0.1, 0.15) is 5.75 Å². The molecule has 0 saturated heterocycles. The van der Waals surface area contributed by atoms with E-state index in [4.69, 9.17) is 4.74 Å². The molecule has 0 aliphatic heterocycles. The lowest BCUT2D eigenvalue weighted by molar-refractivity contribution is 0.411. The van der Waals surface area contributed by atoms with Gasteiger partial charge in [0, 0.05) is 6.04 Å². The molecule has 2 nitrogen and oxygen atoms in total. The lowest BCUT2D eigenvalue weighted by atomic mass is 9.97. The second-order valence-electron chi connectivity index (χ2n) is 5.43. The van der Waals surface area contributed by atoms with E-state index in [2.05, 4.69) is 67.7 Å². The minimum Gasteiger partial charge on any atom is -0.496 e. The van der Waals surface area contributed by atoms with Gasteiger partial charge < -0.3 is 10.1 Å². The third kappa shape index (κ3) is 4.33. The Morgan fingerprint density at radius 2 is 1.86 bits per heavy atom. The predicted molar refractivity (Wildman–Crippen MR) is 88.9 cm³/mol. The molecule has 2 heteroatoms. The fourth-order valence-corrected chi connectivity index (χ4v) is 2.59. The van der Waals surface area contributed by atoms with E-state index < -0.39 is 0 Å². The van der Waals surface area contributed by atoms with Crippen molar-refractivity contribution in [1.82, 2.24) is 5.32 Å². The molecule has 0 radical (unpaired) electrons. The second kappa shape index (κ2) is 7.84. The van der Waals surface area contributed by atoms with Crippen molar-refractivity contribution in [2.24, 2.45) is 0 Å². The largest absolute Gasteiger partial charge is 0.496 e. The van der Waals surface area contributed by atoms with Gasteiger partial charge in [0.05, 0.1) is 7.11 Å². The van der Waals surface area contributed by atoms with Crippen molar-refractivity contribution in [3.05, 3.63) is 65.2 Å². The van der Waals surface area contributed by atoms with Gasteiger partial charge in [-0.2, -0.15) is 0 Å². The van der Waals surface area contributed by atoms with Crippen LogP contribution in [0.1, 0.15) is 36.1 Å². The number of nitrogens with one attached hydrogen (secondary N) is 1. The molecule has 112 valence electrons. The van der Waals surface area contributed by atoms with Gasteiger partial charge in [-0.3, -0.25) is 0 Å². The molecular formula is C19H25NO. The summed E-state index contributed by atoms with van der Waals surface area (Å²) in [6.45, 7) is 5.33. The van der Waals surface area contributed by atoms with E-state index in [0.717, 1.165) is 25.1 Å². The van der Waals surface area contributed by atoms with Crippen molar-refractivity contribution < 1.29 is 4.74 Å². The molecule has 0 bridgehead atoms. The fraction of sp³-hybridized carbons (Fsp3) is 0.368. The maximum absolute atomic E-state index is 5.36. The Morgan fingerprint density at radius 3 is 2.48 bits per heavy atom. The average molecular weight is 283 g/mol. The van der Waals surface area contributed by atoms with Crippen molar-refractivity contribution in [3.63, 3.8) is 0 Å². The van der Waals surface area contributed by atoms with E-state index in [9.17, 15) is 0 Å². The summed E-state index contributed by atoms with van der Waals surface area (Å²) in [7, 11) is 1.72. The molecule has 1 unspecified atom stereocenters. The van der Waals surface area contributed by atoms with Crippen LogP contribution in [-0.2, 0) is 6.42 Å². The van der Waals surface area contributed by atoms with Gasteiger partial charge in [0.25, 0.3) is 0 Å². The minimum atomic E-state index is 0.344. The van der Waals surface area contributed by atoms with Gasteiger partial charge in [-0.15, -0.1) is 0 Å². The Hall–Kier alpha value is -1.80. The molecule has 0 saturated carbocycles. The summed E-state index contributed by atoms with van der Waals surface area (Å²) in [4.78, 5) is 0. The highest BCUT2D eigenvalue weighted by Gasteiger charge is 2.13. The molecule has 0 amide bonds. The van der Waals surface area contributed by atoms with E-state index in [1.165, 1.54) is 16.7 Å². The van der Waals surface area contributed by atoms with Crippen LogP contribution in [0.3, 0.4) is 0 Å². The third-order valence-corrected chi connectivity index (χ3v) is 3.74. The number of methoxy groups -OCH3 is 1. The molecule has 0 spiro atoms. The second-order valence-corrected chi connectivity index (χ2v) is 5.43. The normalized spacial score (nSPS) is 12.1. The molecule has 0 aromatic heterocycles. The summed E-state index contributed by atoms with van der Waals surface area (Å²) < 4.78 is 5.36. The van der Waals surface area contributed by atoms with Crippen molar-refractivity contribution in [2.45, 2.75) is 32.7 Å². The number of rotatable bonds is 7. The van der Waals surface area contributed by atoms with Crippen molar-refractivity contribution >= 4 is 0 Å². The summed E-state index contributed by atoms with van der Waals surface area (Å²) in [5.41, 5.74) is 3.87. The van der Waals surface area contributed by atoms with Crippen molar-refractivity contribution in [1.29, 1.82) is 0 Å². The Labute approximate surface area is 128 Å². The van der Waals surface area contributed by atoms with Crippen molar-refractivity contribution in [3.8, 4) is 5.75 Å². The lowest BCUT2D eigenvalue weighted by Gasteiger charge is -2.20. The first-order valence-electron chi connectivity index (χ1n) is 7.66. The van der Waals surface area contributed by atoms with Gasteiger partial charge in [-0.25, -0.2) is 0 Å². The summed E-state index contributed by atoms with van der Waals surface area (Å²) in [5, 5.41) is 3.66. The zero-order chi connectivity index (χ0) is 15.1. The lowest BCUT2D eigenvalue weighted by Crippen LogP contribution is -2.24. The smallest absolute Gasteiger partial charge is 0.121 e. The summed E-state index contributed by atoms with van der Waals surface area (Å²) in [6, 6.07) is 17.5. The van der Waals surface area contributed by atoms with Crippen LogP contribution in [0.25, 0.3) is 0 Å². The molecule has 2 rings (SSSR count). The fourth-order valence-electron chi connectivity index (χ4n) is 2.59. The van der Waals surface area contributed by atoms with Crippen LogP contribution in [-0.4, -0.2) is 13.7 Å². The molecule has 2 aromatic rings. The van der Waals surface area contributed by atoms with E-state index in [-0.39, 0.29) is 0 Å². The molecular weight excluding hydrogens is 258 g/mol. The Kier molecular flexibility index (Phi) is 5.82. The van der Waals surface area contributed by atoms with E-state index in [1.54, 1.807) is 7.11 Å². The molecule has 21 heavy (non-hydrogen) atoms. The first-order chi connectivity index (χ1) is 10.2. The zero-order valence-electron chi connectivity index (χ0n) is 13.2. The van der Waals surface area contributed by atoms with Crippen LogP contribution in [0.2, 0.25) is 0 Å². The van der Waals surface area contributed by atoms with E-state index in [1.807, 2.05) is 0 Å². The zero-order valence-corrected chi connectivity index (χ0v) is 13.2. The number of ether oxygens (including phenoxy) is 1. The third-order valence-electron chi connectivity index (χ3n) is 3.74. The average Bonchev–Trinajstić information content (AvgIpc) is 2.52. The van der Waals surface area contributed by atoms with Crippen LogP contribution in [0.4, 0.5) is 0 Å². The van der Waals surface area contributed by atoms with Crippen molar-refractivity contribution in [2.75, 3.05) is 13.7 Å². The number of aryl methyl sites for hydroxylation is 1. The van der Waals surface area contributed by atoms with E-state index >= 15 is 0 Å². The van der Waals surface area contributed by atoms with Gasteiger partial charge in [0.15, 0.2) is 0 Å². The van der Waals surface area contributed by atoms with Crippen LogP contribution >= 0.6 is 0 Å². The molecule has 0 aliphatic rings. The molecule has 2 aromatic carbocycles. The highest BCUT2D eigenvalue weighted by atomic mass is 16.5. The number of hydrogen-bond acceptors (Lipinski definition) is 2. The van der Waals surface area contributed by atoms with Gasteiger partial charge in [-0.05, 0) is 49.1 Å². The van der Waals surface area contributed by atoms with Gasteiger partial charge >= 0.3 is 0 Å². The minimum absolute atomic E-state index is 0.344. The first-order valence-corrected chi connectivity index (χ1v) is 7.66. The quantitative estimate of drug-likeness (QED) is 0.818. The molecule has 1 N–H and O–H groups in total. The Balaban J connectivity index is 2.20. The molecule has 0 aliphatic carbocycles. The molecule has 0 heterocycles. The van der Waals surface area contributed by atoms with Gasteiger partial charge in [-0.1, -0.05) is 49.4 Å². The topological polar surface area (TPSA) is 21.3 Å². The summed E-state index contributed by atoms with van der Waals surface area (Å²) in [6.07, 6.45) is 2.15. The first kappa shape index (κ1) is 15.6. The standard InChI is InChI=1S/C19H25NO/c1-4-12-20-18(14-16-8-6-5-7-9-16)17-10-11-19(21-3)15(2)13-17/h5-11,13,18,20H,4,12,14H2,1-3H3. The monoisotopic (exact) mass is 283 g/mol. The van der Waals surface area contributed by atoms with E-state index in [0.29, 0.717) is 6.04 Å². The summed E-state index contributed by atoms with van der Waals surface area (Å²) >= 11 is 0. The highest BCUT2D eigenvalue weighted by molar-refractivity contribution is 5.38. The maximum Gasteiger partial charge on any atom is 0.121 e. The molecule has 1 atom stereocenters. The van der Waals surface area contributed by atoms with Gasteiger partial charge in [0.2, 0.25) is 0 Å². The van der Waals surface area contributed by atoms with Crippen LogP contribution in [0, 0.1) is 6.92 Å². The Bertz CT molecular complexity index is 551. The number of benzene rings is 2. The Morgan fingerprint density at radius 1 is 1.10 bits per heavy atom. The summed E-state index contributed by atoms with van der Waals surface area (Å²) in [5.74, 6) is 0.952. The molecule has 0 fully saturated rings.